The predicted octanol–water partition coefficient (Wildman–Crippen LogP) is 4.15. The first-order chi connectivity index (χ1) is 25.9. The molecular weight excluding hydrogens is 713 g/mol. The summed E-state index contributed by atoms with van der Waals surface area (Å²) < 4.78 is 46.5. The van der Waals surface area contributed by atoms with Crippen LogP contribution in [0.3, 0.4) is 0 Å². The van der Waals surface area contributed by atoms with Gasteiger partial charge >= 0.3 is 12.1 Å². The fourth-order valence-electron chi connectivity index (χ4n) is 8.40. The smallest absolute Gasteiger partial charge is 0.408 e. The molecular formula is C41H54FN3O10. The van der Waals surface area contributed by atoms with Gasteiger partial charge in [0.05, 0.1) is 29.4 Å². The van der Waals surface area contributed by atoms with Gasteiger partial charge in [0, 0.05) is 40.9 Å². The van der Waals surface area contributed by atoms with Crippen LogP contribution in [0, 0.1) is 29.6 Å². The number of para-hydroxylation sites is 1. The van der Waals surface area contributed by atoms with Crippen LogP contribution in [0.2, 0.25) is 0 Å². The zero-order valence-electron chi connectivity index (χ0n) is 33.0. The van der Waals surface area contributed by atoms with E-state index in [1.165, 1.54) is 13.8 Å². The maximum atomic E-state index is 16.2. The van der Waals surface area contributed by atoms with Crippen LogP contribution in [0.4, 0.5) is 9.18 Å². The lowest BCUT2D eigenvalue weighted by Gasteiger charge is -2.47. The van der Waals surface area contributed by atoms with Crippen molar-refractivity contribution in [1.29, 1.82) is 0 Å². The Bertz CT molecular complexity index is 1810. The van der Waals surface area contributed by atoms with Gasteiger partial charge in [-0.05, 0) is 66.3 Å². The fourth-order valence-corrected chi connectivity index (χ4v) is 8.40. The van der Waals surface area contributed by atoms with Gasteiger partial charge in [0.25, 0.3) is 6.17 Å². The maximum absolute atomic E-state index is 16.2. The Hall–Kier alpha value is -4.00. The van der Waals surface area contributed by atoms with Crippen molar-refractivity contribution in [2.24, 2.45) is 17.8 Å². The van der Waals surface area contributed by atoms with Crippen LogP contribution in [0.5, 0.6) is 0 Å². The number of aliphatic hydroxyl groups is 1. The van der Waals surface area contributed by atoms with E-state index >= 15 is 4.39 Å². The van der Waals surface area contributed by atoms with Gasteiger partial charge in [-0.3, -0.25) is 14.6 Å². The van der Waals surface area contributed by atoms with Gasteiger partial charge in [-0.1, -0.05) is 57.7 Å². The molecule has 1 amide bonds. The molecule has 14 heteroatoms. The van der Waals surface area contributed by atoms with Crippen LogP contribution in [0.1, 0.15) is 73.3 Å². The lowest BCUT2D eigenvalue weighted by molar-refractivity contribution is -0.296. The average Bonchev–Trinajstić information content (AvgIpc) is 3.47. The molecule has 0 bridgehead atoms. The Morgan fingerprint density at radius 3 is 2.47 bits per heavy atom. The summed E-state index contributed by atoms with van der Waals surface area (Å²) in [4.78, 5) is 60.7. The Kier molecular flexibility index (Phi) is 13.0. The van der Waals surface area contributed by atoms with E-state index in [0.717, 1.165) is 10.9 Å². The number of rotatable bonds is 6. The molecule has 0 saturated carbocycles. The topological polar surface area (TPSA) is 163 Å². The third-order valence-electron chi connectivity index (χ3n) is 11.4. The van der Waals surface area contributed by atoms with Crippen LogP contribution in [-0.4, -0.2) is 119 Å². The molecule has 3 fully saturated rings. The highest BCUT2D eigenvalue weighted by Crippen LogP contribution is 2.40. The SMILES string of the molecule is CC[C@H]1OC(=O)C(F)C(=O)[C@H](C)[C@@H](O[C@@H]2O[C@H](C)C[C@H](N(C)C)[C@H]2O)[C@@](C)(OCC#Cc2cnc3ccccc3c2)C[C@@H](C)C(=O)[C@H](C)[C@H]2NC(=O)O[C@@]21C. The minimum atomic E-state index is -2.75. The fraction of sp³-hybridized carbons (Fsp3) is 0.634. The molecule has 3 aliphatic heterocycles. The maximum Gasteiger partial charge on any atom is 0.408 e. The molecule has 0 aliphatic carbocycles. The summed E-state index contributed by atoms with van der Waals surface area (Å²) in [6.45, 7) is 11.2. The van der Waals surface area contributed by atoms with E-state index in [2.05, 4.69) is 22.1 Å². The van der Waals surface area contributed by atoms with E-state index in [0.29, 0.717) is 12.0 Å². The molecule has 300 valence electrons. The van der Waals surface area contributed by atoms with Crippen LogP contribution in [0.15, 0.2) is 36.5 Å². The zero-order valence-corrected chi connectivity index (χ0v) is 33.0. The van der Waals surface area contributed by atoms with Crippen molar-refractivity contribution in [3.8, 4) is 11.8 Å². The number of Topliss-reactive ketones (excluding diaryl/α,β-unsaturated/α-hetero) is 2. The highest BCUT2D eigenvalue weighted by Gasteiger charge is 2.57. The number of fused-ring (bicyclic) bond motifs is 2. The van der Waals surface area contributed by atoms with E-state index in [9.17, 15) is 24.3 Å². The van der Waals surface area contributed by atoms with E-state index in [-0.39, 0.29) is 37.4 Å². The number of alkyl carbamates (subject to hydrolysis) is 1. The first-order valence-electron chi connectivity index (χ1n) is 18.9. The number of cyclic esters (lactones) is 1. The molecule has 3 saturated heterocycles. The quantitative estimate of drug-likeness (QED) is 0.246. The molecule has 2 aromatic rings. The third-order valence-corrected chi connectivity index (χ3v) is 11.4. The number of pyridine rings is 1. The van der Waals surface area contributed by atoms with E-state index in [4.69, 9.17) is 23.7 Å². The Balaban J connectivity index is 1.57. The number of ketones is 2. The number of ether oxygens (including phenoxy) is 5. The average molecular weight is 768 g/mol. The Labute approximate surface area is 321 Å². The molecule has 1 aromatic heterocycles. The molecule has 13 nitrogen and oxygen atoms in total. The number of benzene rings is 1. The number of hydrogen-bond acceptors (Lipinski definition) is 12. The number of hydrogen-bond donors (Lipinski definition) is 2. The van der Waals surface area contributed by atoms with Crippen molar-refractivity contribution in [2.75, 3.05) is 20.7 Å². The van der Waals surface area contributed by atoms with Gasteiger partial charge in [0.2, 0.25) is 0 Å². The van der Waals surface area contributed by atoms with Gasteiger partial charge in [-0.2, -0.15) is 0 Å². The highest BCUT2D eigenvalue weighted by molar-refractivity contribution is 6.03. The molecule has 1 aromatic carbocycles. The summed E-state index contributed by atoms with van der Waals surface area (Å²) in [6, 6.07) is 8.15. The van der Waals surface area contributed by atoms with Crippen LogP contribution < -0.4 is 5.32 Å². The molecule has 55 heavy (non-hydrogen) atoms. The number of halogens is 1. The second kappa shape index (κ2) is 17.0. The largest absolute Gasteiger partial charge is 0.456 e. The molecule has 13 atom stereocenters. The van der Waals surface area contributed by atoms with Crippen LogP contribution >= 0.6 is 0 Å². The van der Waals surface area contributed by atoms with E-state index in [1.54, 1.807) is 33.9 Å². The van der Waals surface area contributed by atoms with Gasteiger partial charge in [0.15, 0.2) is 17.7 Å². The molecule has 0 radical (unpaired) electrons. The monoisotopic (exact) mass is 767 g/mol. The molecule has 4 heterocycles. The Morgan fingerprint density at radius 1 is 1.07 bits per heavy atom. The van der Waals surface area contributed by atoms with Crippen molar-refractivity contribution in [3.05, 3.63) is 42.1 Å². The Morgan fingerprint density at radius 2 is 1.78 bits per heavy atom. The number of likely N-dealkylation sites (N-methyl/N-ethyl adjacent to an activating group) is 1. The zero-order chi connectivity index (χ0) is 40.4. The minimum Gasteiger partial charge on any atom is -0.456 e. The van der Waals surface area contributed by atoms with Crippen molar-refractivity contribution >= 4 is 34.5 Å². The second-order valence-corrected chi connectivity index (χ2v) is 15.8. The highest BCUT2D eigenvalue weighted by atomic mass is 19.1. The molecule has 0 spiro atoms. The number of carbonyl (C=O) groups excluding carboxylic acids is 4. The third kappa shape index (κ3) is 8.86. The second-order valence-electron chi connectivity index (χ2n) is 15.8. The number of aliphatic hydroxyl groups excluding tert-OH is 1. The molecule has 2 N–H and O–H groups in total. The van der Waals surface area contributed by atoms with Gasteiger partial charge in [-0.15, -0.1) is 0 Å². The van der Waals surface area contributed by atoms with Crippen LogP contribution in [0.25, 0.3) is 10.9 Å². The van der Waals surface area contributed by atoms with Gasteiger partial charge in [-0.25, -0.2) is 14.0 Å². The van der Waals surface area contributed by atoms with Crippen molar-refractivity contribution in [1.82, 2.24) is 15.2 Å². The summed E-state index contributed by atoms with van der Waals surface area (Å²) in [6.07, 6.45) is -6.83. The molecule has 3 aliphatic rings. The number of carbonyl (C=O) groups is 4. The number of nitrogens with zero attached hydrogens (tertiary/aromatic N) is 2. The summed E-state index contributed by atoms with van der Waals surface area (Å²) in [5.74, 6) is 0.0883. The van der Waals surface area contributed by atoms with Crippen molar-refractivity contribution in [2.45, 2.75) is 128 Å². The molecule has 5 rings (SSSR count). The normalized spacial score (nSPS) is 37.6. The number of nitrogens with one attached hydrogen (secondary N) is 1. The summed E-state index contributed by atoms with van der Waals surface area (Å²) >= 11 is 0. The standard InChI is InChI=1S/C41H54FN3O10/c1-10-30-41(7)35(44-39(50)55-41)24(4)32(46)22(2)20-40(6,51-17-13-14-26-19-27-15-11-12-16-28(27)43-21-26)36(25(5)33(47)31(42)37(49)53-30)54-38-34(48)29(45(8)9)18-23(3)52-38/h11-12,15-16,19,21-25,29-31,34-36,38,48H,10,17-18,20H2,1-9H3,(H,44,50)/t22-,23-,24+,25+,29+,30-,31?,34-,35-,36-,38+,40+,41-/m1/s1. The van der Waals surface area contributed by atoms with Gasteiger partial charge < -0.3 is 39.0 Å². The van der Waals surface area contributed by atoms with Crippen LogP contribution in [-0.2, 0) is 38.1 Å². The summed E-state index contributed by atoms with van der Waals surface area (Å²) in [5.41, 5.74) is -1.69. The number of aromatic nitrogens is 1. The first-order valence-corrected chi connectivity index (χ1v) is 18.9. The van der Waals surface area contributed by atoms with Crippen molar-refractivity contribution < 1.29 is 52.4 Å². The lowest BCUT2D eigenvalue weighted by atomic mass is 9.74. The first kappa shape index (κ1) is 42.1. The predicted molar refractivity (Wildman–Crippen MR) is 199 cm³/mol. The number of amides is 1. The van der Waals surface area contributed by atoms with Crippen molar-refractivity contribution in [3.63, 3.8) is 0 Å². The molecule has 1 unspecified atom stereocenters. The van der Waals surface area contributed by atoms with E-state index < -0.39 is 83.6 Å². The summed E-state index contributed by atoms with van der Waals surface area (Å²) in [5, 5.41) is 15.1. The van der Waals surface area contributed by atoms with E-state index in [1.807, 2.05) is 56.3 Å². The number of alkyl halides is 1. The lowest BCUT2D eigenvalue weighted by Crippen LogP contribution is -2.60. The minimum absolute atomic E-state index is 0.0655. The summed E-state index contributed by atoms with van der Waals surface area (Å²) in [7, 11) is 3.63. The van der Waals surface area contributed by atoms with Gasteiger partial charge in [0.1, 0.15) is 24.6 Å². The number of esters is 1.